The lowest BCUT2D eigenvalue weighted by Gasteiger charge is -2.09. The van der Waals surface area contributed by atoms with E-state index in [0.29, 0.717) is 23.8 Å². The second kappa shape index (κ2) is 8.24. The van der Waals surface area contributed by atoms with Crippen LogP contribution in [-0.4, -0.2) is 29.9 Å². The Morgan fingerprint density at radius 1 is 1.29 bits per heavy atom. The highest BCUT2D eigenvalue weighted by molar-refractivity contribution is 5.97. The summed E-state index contributed by atoms with van der Waals surface area (Å²) in [5.41, 5.74) is 6.91. The number of hydrogen-bond acceptors (Lipinski definition) is 4. The van der Waals surface area contributed by atoms with E-state index in [2.05, 4.69) is 15.6 Å². The van der Waals surface area contributed by atoms with E-state index in [9.17, 15) is 9.59 Å². The maximum Gasteiger partial charge on any atom is 0.251 e. The second-order valence-electron chi connectivity index (χ2n) is 5.40. The van der Waals surface area contributed by atoms with E-state index in [-0.39, 0.29) is 18.4 Å². The molecule has 1 aromatic heterocycles. The number of aryl methyl sites for hydroxylation is 1. The van der Waals surface area contributed by atoms with Gasteiger partial charge in [0, 0.05) is 17.8 Å². The van der Waals surface area contributed by atoms with Crippen molar-refractivity contribution < 1.29 is 9.59 Å². The van der Waals surface area contributed by atoms with Crippen molar-refractivity contribution in [3.8, 4) is 0 Å². The van der Waals surface area contributed by atoms with Gasteiger partial charge in [-0.05, 0) is 24.5 Å². The third kappa shape index (κ3) is 6.25. The number of rotatable bonds is 7. The average Bonchev–Trinajstić information content (AvgIpc) is 2.42. The normalized spacial score (nSPS) is 10.5. The number of nitrogens with zero attached hydrogens (tertiary/aromatic N) is 1. The molecule has 1 heterocycles. The number of nitrogens with one attached hydrogen (secondary N) is 2. The first-order valence-electron chi connectivity index (χ1n) is 7.23. The lowest BCUT2D eigenvalue weighted by Crippen LogP contribution is -2.38. The van der Waals surface area contributed by atoms with Crippen LogP contribution in [0.3, 0.4) is 0 Å². The van der Waals surface area contributed by atoms with Gasteiger partial charge in [0.2, 0.25) is 5.91 Å². The zero-order valence-corrected chi connectivity index (χ0v) is 12.9. The van der Waals surface area contributed by atoms with Crippen LogP contribution in [-0.2, 0) is 11.2 Å². The average molecular weight is 292 g/mol. The van der Waals surface area contributed by atoms with Gasteiger partial charge in [0.25, 0.3) is 5.91 Å². The molecule has 21 heavy (non-hydrogen) atoms. The predicted octanol–water partition coefficient (Wildman–Crippen LogP) is 1.12. The fourth-order valence-corrected chi connectivity index (χ4v) is 1.77. The molecule has 0 saturated carbocycles. The van der Waals surface area contributed by atoms with Crippen molar-refractivity contribution in [1.82, 2.24) is 15.6 Å². The zero-order chi connectivity index (χ0) is 15.8. The Labute approximate surface area is 125 Å². The molecule has 0 atom stereocenters. The van der Waals surface area contributed by atoms with Crippen molar-refractivity contribution in [2.45, 2.75) is 33.6 Å². The highest BCUT2D eigenvalue weighted by Gasteiger charge is 2.10. The minimum Gasteiger partial charge on any atom is -0.384 e. The van der Waals surface area contributed by atoms with Crippen LogP contribution in [0, 0.1) is 5.92 Å². The molecule has 6 nitrogen and oxygen atoms in total. The van der Waals surface area contributed by atoms with Crippen molar-refractivity contribution in [1.29, 1.82) is 0 Å². The lowest BCUT2D eigenvalue weighted by atomic mass is 10.1. The largest absolute Gasteiger partial charge is 0.384 e. The SMILES string of the molecule is CCCc1cc(C(=O)NCC(=O)NCC(C)C)cc(N)n1. The van der Waals surface area contributed by atoms with Crippen molar-refractivity contribution in [2.24, 2.45) is 5.92 Å². The molecule has 1 aromatic rings. The Hall–Kier alpha value is -2.11. The van der Waals surface area contributed by atoms with Gasteiger partial charge in [-0.25, -0.2) is 4.98 Å². The van der Waals surface area contributed by atoms with E-state index in [1.54, 1.807) is 6.07 Å². The van der Waals surface area contributed by atoms with E-state index in [1.807, 2.05) is 20.8 Å². The van der Waals surface area contributed by atoms with Gasteiger partial charge in [-0.1, -0.05) is 27.2 Å². The highest BCUT2D eigenvalue weighted by atomic mass is 16.2. The number of aromatic nitrogens is 1. The molecule has 116 valence electrons. The standard InChI is InChI=1S/C15H24N4O2/c1-4-5-12-6-11(7-13(16)19-12)15(21)18-9-14(20)17-8-10(2)3/h6-7,10H,4-5,8-9H2,1-3H3,(H2,16,19)(H,17,20)(H,18,21). The molecule has 0 saturated heterocycles. The van der Waals surface area contributed by atoms with Crippen LogP contribution in [0.2, 0.25) is 0 Å². The van der Waals surface area contributed by atoms with Crippen LogP contribution in [0.5, 0.6) is 0 Å². The van der Waals surface area contributed by atoms with Gasteiger partial charge in [-0.15, -0.1) is 0 Å². The minimum atomic E-state index is -0.318. The van der Waals surface area contributed by atoms with E-state index in [0.717, 1.165) is 18.5 Å². The summed E-state index contributed by atoms with van der Waals surface area (Å²) in [5, 5.41) is 5.33. The number of hydrogen-bond donors (Lipinski definition) is 3. The van der Waals surface area contributed by atoms with Gasteiger partial charge in [0.1, 0.15) is 5.82 Å². The van der Waals surface area contributed by atoms with Crippen LogP contribution in [0.25, 0.3) is 0 Å². The van der Waals surface area contributed by atoms with Gasteiger partial charge in [-0.3, -0.25) is 9.59 Å². The molecule has 4 N–H and O–H groups in total. The first-order chi connectivity index (χ1) is 9.92. The summed E-state index contributed by atoms with van der Waals surface area (Å²) in [4.78, 5) is 27.7. The third-order valence-corrected chi connectivity index (χ3v) is 2.78. The fraction of sp³-hybridized carbons (Fsp3) is 0.533. The number of nitrogens with two attached hydrogens (primary N) is 1. The first-order valence-corrected chi connectivity index (χ1v) is 7.23. The van der Waals surface area contributed by atoms with Crippen molar-refractivity contribution in [3.63, 3.8) is 0 Å². The summed E-state index contributed by atoms with van der Waals surface area (Å²) in [6, 6.07) is 3.22. The van der Waals surface area contributed by atoms with Gasteiger partial charge < -0.3 is 16.4 Å². The van der Waals surface area contributed by atoms with Gasteiger partial charge in [0.05, 0.1) is 6.54 Å². The van der Waals surface area contributed by atoms with Crippen molar-refractivity contribution >= 4 is 17.6 Å². The van der Waals surface area contributed by atoms with E-state index < -0.39 is 0 Å². The minimum absolute atomic E-state index is 0.0447. The summed E-state index contributed by atoms with van der Waals surface area (Å²) >= 11 is 0. The second-order valence-corrected chi connectivity index (χ2v) is 5.40. The molecule has 0 fully saturated rings. The number of anilines is 1. The molecule has 0 aliphatic rings. The molecule has 1 rings (SSSR count). The maximum absolute atomic E-state index is 12.0. The number of carbonyl (C=O) groups is 2. The molecule has 6 heteroatoms. The Bertz CT molecular complexity index is 500. The topological polar surface area (TPSA) is 97.1 Å². The van der Waals surface area contributed by atoms with Crippen LogP contribution < -0.4 is 16.4 Å². The van der Waals surface area contributed by atoms with E-state index in [1.165, 1.54) is 6.07 Å². The maximum atomic E-state index is 12.0. The Morgan fingerprint density at radius 3 is 2.62 bits per heavy atom. The smallest absolute Gasteiger partial charge is 0.251 e. The molecule has 0 aliphatic carbocycles. The summed E-state index contributed by atoms with van der Waals surface area (Å²) in [6.07, 6.45) is 1.69. The molecule has 0 aliphatic heterocycles. The molecule has 0 bridgehead atoms. The third-order valence-electron chi connectivity index (χ3n) is 2.78. The predicted molar refractivity (Wildman–Crippen MR) is 82.8 cm³/mol. The van der Waals surface area contributed by atoms with Gasteiger partial charge in [-0.2, -0.15) is 0 Å². The van der Waals surface area contributed by atoms with Gasteiger partial charge in [0.15, 0.2) is 0 Å². The Kier molecular flexibility index (Phi) is 6.65. The van der Waals surface area contributed by atoms with E-state index in [4.69, 9.17) is 5.73 Å². The molecule has 0 unspecified atom stereocenters. The molecule has 0 aromatic carbocycles. The summed E-state index contributed by atoms with van der Waals surface area (Å²) < 4.78 is 0. The first kappa shape index (κ1) is 16.9. The van der Waals surface area contributed by atoms with Crippen molar-refractivity contribution in [2.75, 3.05) is 18.8 Å². The van der Waals surface area contributed by atoms with Crippen molar-refractivity contribution in [3.05, 3.63) is 23.4 Å². The molecule has 2 amide bonds. The lowest BCUT2D eigenvalue weighted by molar-refractivity contribution is -0.120. The fourth-order valence-electron chi connectivity index (χ4n) is 1.77. The molecular formula is C15H24N4O2. The summed E-state index contributed by atoms with van der Waals surface area (Å²) in [7, 11) is 0. The number of pyridine rings is 1. The number of amides is 2. The van der Waals surface area contributed by atoms with Gasteiger partial charge >= 0.3 is 0 Å². The quantitative estimate of drug-likeness (QED) is 0.701. The molecular weight excluding hydrogens is 268 g/mol. The Balaban J connectivity index is 2.57. The van der Waals surface area contributed by atoms with Crippen LogP contribution in [0.15, 0.2) is 12.1 Å². The van der Waals surface area contributed by atoms with E-state index >= 15 is 0 Å². The highest BCUT2D eigenvalue weighted by Crippen LogP contribution is 2.09. The number of carbonyl (C=O) groups excluding carboxylic acids is 2. The summed E-state index contributed by atoms with van der Waals surface area (Å²) in [6.45, 7) is 6.60. The summed E-state index contributed by atoms with van der Waals surface area (Å²) in [5.74, 6) is 0.172. The van der Waals surface area contributed by atoms with Crippen LogP contribution >= 0.6 is 0 Å². The Morgan fingerprint density at radius 2 is 2.00 bits per heavy atom. The molecule has 0 radical (unpaired) electrons. The monoisotopic (exact) mass is 292 g/mol. The number of nitrogen functional groups attached to an aromatic ring is 1. The van der Waals surface area contributed by atoms with Crippen LogP contribution in [0.1, 0.15) is 43.2 Å². The van der Waals surface area contributed by atoms with Crippen LogP contribution in [0.4, 0.5) is 5.82 Å². The zero-order valence-electron chi connectivity index (χ0n) is 12.9. The molecule has 0 spiro atoms.